The Balaban J connectivity index is 0.000000322. The van der Waals surface area contributed by atoms with E-state index in [1.807, 2.05) is 0 Å². The molecule has 1 aliphatic heterocycles. The van der Waals surface area contributed by atoms with Gasteiger partial charge >= 0.3 is 22.2 Å². The highest BCUT2D eigenvalue weighted by molar-refractivity contribution is 7.46. The molecule has 0 bridgehead atoms. The molecule has 0 saturated carbocycles. The van der Waals surface area contributed by atoms with Gasteiger partial charge in [-0.2, -0.15) is 4.98 Å². The molecular weight excluding hydrogens is 356 g/mol. The van der Waals surface area contributed by atoms with E-state index in [2.05, 4.69) is 9.29 Å². The maximum atomic E-state index is 11.5. The van der Waals surface area contributed by atoms with Crippen LogP contribution in [0.25, 0.3) is 0 Å². The molecule has 0 aromatic carbocycles. The molecular formula is C9H15N3O9P2+2. The van der Waals surface area contributed by atoms with Crippen LogP contribution < -0.4 is 11.4 Å². The van der Waals surface area contributed by atoms with Crippen molar-refractivity contribution in [1.29, 1.82) is 0 Å². The van der Waals surface area contributed by atoms with Crippen LogP contribution in [0, 0.1) is 0 Å². The lowest BCUT2D eigenvalue weighted by Gasteiger charge is -2.13. The second kappa shape index (κ2) is 9.06. The summed E-state index contributed by atoms with van der Waals surface area (Å²) in [5.41, 5.74) is 4.82. The fraction of sp³-hybridized carbons (Fsp3) is 0.556. The van der Waals surface area contributed by atoms with Crippen LogP contribution in [0.4, 0.5) is 5.82 Å². The number of hydrogen-bond acceptors (Lipinski definition) is 9. The molecule has 1 aromatic rings. The molecule has 1 fully saturated rings. The van der Waals surface area contributed by atoms with Gasteiger partial charge in [-0.05, 0) is 6.07 Å². The Bertz CT molecular complexity index is 613. The zero-order chi connectivity index (χ0) is 17.6. The number of ether oxygens (including phenoxy) is 1. The molecule has 0 spiro atoms. The van der Waals surface area contributed by atoms with Gasteiger partial charge in [0.05, 0.1) is 12.7 Å². The highest BCUT2D eigenvalue weighted by atomic mass is 31.2. The van der Waals surface area contributed by atoms with Gasteiger partial charge < -0.3 is 20.7 Å². The quantitative estimate of drug-likeness (QED) is 0.398. The van der Waals surface area contributed by atoms with Gasteiger partial charge in [-0.25, -0.2) is 4.79 Å². The number of anilines is 1. The van der Waals surface area contributed by atoms with Gasteiger partial charge in [0.15, 0.2) is 4.31 Å². The summed E-state index contributed by atoms with van der Waals surface area (Å²) in [7, 11) is -5.85. The van der Waals surface area contributed by atoms with Crippen molar-refractivity contribution in [1.82, 2.24) is 9.55 Å². The molecule has 1 aromatic heterocycles. The SMILES string of the molecule is Nc1ccn([C@H]2C[C@H](O)[C@@H](CO)O2)c(=O)n1.O=[P+](O)O[P+](=O)O. The minimum atomic E-state index is -2.92. The largest absolute Gasteiger partial charge is 0.745 e. The standard InChI is InChI=1S/C9H13N3O4.O5P2/c10-7-1-2-12(9(15)11-7)8-3-5(14)6(4-13)16-8;1-6(2)5-7(3)4/h1-2,5-6,8,13-14H,3-4H2,(H2,10,11,15);/p+2/t5-,6+,8+;/m0./s1. The molecule has 2 unspecified atom stereocenters. The zero-order valence-corrected chi connectivity index (χ0v) is 13.3. The van der Waals surface area contributed by atoms with Crippen LogP contribution >= 0.6 is 16.5 Å². The molecule has 128 valence electrons. The predicted octanol–water partition coefficient (Wildman–Crippen LogP) is -1.23. The highest BCUT2D eigenvalue weighted by Crippen LogP contribution is 2.30. The summed E-state index contributed by atoms with van der Waals surface area (Å²) < 4.78 is 28.7. The first-order valence-electron chi connectivity index (χ1n) is 6.04. The first-order chi connectivity index (χ1) is 10.7. The van der Waals surface area contributed by atoms with E-state index in [4.69, 9.17) is 25.4 Å². The van der Waals surface area contributed by atoms with Gasteiger partial charge in [0.2, 0.25) is 0 Å². The second-order valence-corrected chi connectivity index (χ2v) is 5.82. The molecule has 1 saturated heterocycles. The van der Waals surface area contributed by atoms with E-state index in [0.29, 0.717) is 0 Å². The van der Waals surface area contributed by atoms with Crippen LogP contribution in [-0.4, -0.2) is 48.4 Å². The monoisotopic (exact) mass is 371 g/mol. The lowest BCUT2D eigenvalue weighted by molar-refractivity contribution is -0.0458. The van der Waals surface area contributed by atoms with Gasteiger partial charge in [0, 0.05) is 21.7 Å². The third kappa shape index (κ3) is 6.34. The van der Waals surface area contributed by atoms with E-state index in [0.717, 1.165) is 0 Å². The second-order valence-electron chi connectivity index (χ2n) is 4.21. The summed E-state index contributed by atoms with van der Waals surface area (Å²) in [6.45, 7) is -0.283. The first kappa shape index (κ1) is 19.7. The van der Waals surface area contributed by atoms with Crippen LogP contribution in [0.2, 0.25) is 0 Å². The maximum absolute atomic E-state index is 11.5. The highest BCUT2D eigenvalue weighted by Gasteiger charge is 2.34. The Morgan fingerprint density at radius 2 is 2.04 bits per heavy atom. The summed E-state index contributed by atoms with van der Waals surface area (Å²) in [6.07, 6.45) is -0.333. The molecule has 23 heavy (non-hydrogen) atoms. The average Bonchev–Trinajstić information content (AvgIpc) is 2.78. The number of hydrogen-bond donors (Lipinski definition) is 5. The van der Waals surface area contributed by atoms with E-state index in [-0.39, 0.29) is 18.8 Å². The van der Waals surface area contributed by atoms with E-state index in [1.165, 1.54) is 16.8 Å². The van der Waals surface area contributed by atoms with Gasteiger partial charge in [-0.3, -0.25) is 4.57 Å². The van der Waals surface area contributed by atoms with Gasteiger partial charge in [0.25, 0.3) is 0 Å². The smallest absolute Gasteiger partial charge is 0.394 e. The van der Waals surface area contributed by atoms with Crippen molar-refractivity contribution in [2.75, 3.05) is 12.3 Å². The molecule has 0 radical (unpaired) electrons. The molecule has 14 heteroatoms. The summed E-state index contributed by atoms with van der Waals surface area (Å²) >= 11 is 0. The first-order valence-corrected chi connectivity index (χ1v) is 8.30. The molecule has 2 heterocycles. The molecule has 1 aliphatic rings. The van der Waals surface area contributed by atoms with Crippen molar-refractivity contribution >= 4 is 22.3 Å². The van der Waals surface area contributed by atoms with E-state index < -0.39 is 40.6 Å². The number of nitrogen functional groups attached to an aromatic ring is 1. The lowest BCUT2D eigenvalue weighted by Crippen LogP contribution is -2.27. The minimum absolute atomic E-state index is 0.138. The number of aliphatic hydroxyl groups excluding tert-OH is 2. The van der Waals surface area contributed by atoms with Crippen molar-refractivity contribution in [3.63, 3.8) is 0 Å². The summed E-state index contributed by atoms with van der Waals surface area (Å²) in [5, 5.41) is 18.4. The molecule has 12 nitrogen and oxygen atoms in total. The van der Waals surface area contributed by atoms with Gasteiger partial charge in [-0.15, -0.1) is 9.79 Å². The maximum Gasteiger partial charge on any atom is 0.745 e. The van der Waals surface area contributed by atoms with E-state index >= 15 is 0 Å². The average molecular weight is 371 g/mol. The Labute approximate surface area is 131 Å². The molecule has 0 amide bonds. The number of rotatable bonds is 4. The third-order valence-electron chi connectivity index (χ3n) is 2.69. The van der Waals surface area contributed by atoms with Crippen molar-refractivity contribution in [2.45, 2.75) is 24.9 Å². The third-order valence-corrected chi connectivity index (χ3v) is 3.80. The van der Waals surface area contributed by atoms with Crippen molar-refractivity contribution in [3.8, 4) is 0 Å². The summed E-state index contributed by atoms with van der Waals surface area (Å²) in [6, 6.07) is 1.48. The fourth-order valence-electron chi connectivity index (χ4n) is 1.76. The Kier molecular flexibility index (Phi) is 7.76. The number of nitrogens with two attached hydrogens (primary N) is 1. The van der Waals surface area contributed by atoms with Gasteiger partial charge in [0.1, 0.15) is 18.1 Å². The van der Waals surface area contributed by atoms with Crippen molar-refractivity contribution < 1.29 is 38.2 Å². The summed E-state index contributed by atoms with van der Waals surface area (Å²) in [5.74, 6) is 0.138. The Hall–Kier alpha value is -1.36. The minimum Gasteiger partial charge on any atom is -0.394 e. The topological polar surface area (TPSA) is 194 Å². The van der Waals surface area contributed by atoms with Crippen LogP contribution in [0.15, 0.2) is 17.1 Å². The Morgan fingerprint density at radius 1 is 1.43 bits per heavy atom. The fourth-order valence-corrected chi connectivity index (χ4v) is 2.23. The van der Waals surface area contributed by atoms with E-state index in [9.17, 15) is 19.0 Å². The van der Waals surface area contributed by atoms with Crippen molar-refractivity contribution in [3.05, 3.63) is 22.7 Å². The van der Waals surface area contributed by atoms with Crippen LogP contribution in [0.1, 0.15) is 12.6 Å². The normalized spacial score (nSPS) is 24.6. The predicted molar refractivity (Wildman–Crippen MR) is 75.3 cm³/mol. The zero-order valence-electron chi connectivity index (χ0n) is 11.5. The lowest BCUT2D eigenvalue weighted by atomic mass is 10.2. The number of nitrogens with zero attached hydrogens (tertiary/aromatic N) is 2. The van der Waals surface area contributed by atoms with Crippen LogP contribution in [0.3, 0.4) is 0 Å². The summed E-state index contributed by atoms with van der Waals surface area (Å²) in [4.78, 5) is 30.4. The van der Waals surface area contributed by atoms with Gasteiger partial charge in [-0.1, -0.05) is 0 Å². The Morgan fingerprint density at radius 3 is 2.43 bits per heavy atom. The number of aromatic nitrogens is 2. The van der Waals surface area contributed by atoms with Crippen molar-refractivity contribution in [2.24, 2.45) is 0 Å². The molecule has 6 N–H and O–H groups in total. The molecule has 0 aliphatic carbocycles. The number of aliphatic hydroxyl groups is 2. The molecule has 2 rings (SSSR count). The van der Waals surface area contributed by atoms with E-state index in [1.54, 1.807) is 0 Å². The van der Waals surface area contributed by atoms with Crippen LogP contribution in [0.5, 0.6) is 0 Å². The molecule has 5 atom stereocenters. The van der Waals surface area contributed by atoms with Crippen LogP contribution in [-0.2, 0) is 18.2 Å².